The molecule has 0 fully saturated rings. The molecule has 0 heterocycles. The van der Waals surface area contributed by atoms with E-state index >= 15 is 0 Å². The van der Waals surface area contributed by atoms with E-state index in [-0.39, 0.29) is 18.7 Å². The maximum atomic E-state index is 9.06. The van der Waals surface area contributed by atoms with Gasteiger partial charge in [-0.1, -0.05) is 20.8 Å². The molecule has 0 amide bonds. The van der Waals surface area contributed by atoms with Crippen molar-refractivity contribution in [1.82, 2.24) is 5.32 Å². The van der Waals surface area contributed by atoms with Crippen LogP contribution >= 0.6 is 0 Å². The van der Waals surface area contributed by atoms with Gasteiger partial charge in [-0.2, -0.15) is 5.26 Å². The third-order valence-corrected chi connectivity index (χ3v) is 2.28. The Labute approximate surface area is 80.8 Å². The van der Waals surface area contributed by atoms with Crippen molar-refractivity contribution in [1.29, 1.82) is 5.26 Å². The third-order valence-electron chi connectivity index (χ3n) is 2.28. The zero-order valence-corrected chi connectivity index (χ0v) is 8.75. The van der Waals surface area contributed by atoms with Gasteiger partial charge in [0, 0.05) is 12.1 Å². The summed E-state index contributed by atoms with van der Waals surface area (Å²) >= 11 is 0. The van der Waals surface area contributed by atoms with E-state index in [1.165, 1.54) is 0 Å². The lowest BCUT2D eigenvalue weighted by atomic mass is 10.0. The molecule has 0 aromatic rings. The molecular formula is C10H20N2O. The van der Waals surface area contributed by atoms with Crippen LogP contribution in [0.4, 0.5) is 0 Å². The van der Waals surface area contributed by atoms with E-state index in [1.807, 2.05) is 6.92 Å². The summed E-state index contributed by atoms with van der Waals surface area (Å²) in [6, 6.07) is 2.47. The van der Waals surface area contributed by atoms with E-state index in [0.29, 0.717) is 12.3 Å². The summed E-state index contributed by atoms with van der Waals surface area (Å²) in [4.78, 5) is 0. The SMILES string of the molecule is CCC(CC#N)NC(CO)C(C)C. The summed E-state index contributed by atoms with van der Waals surface area (Å²) in [6.45, 7) is 6.31. The largest absolute Gasteiger partial charge is 0.395 e. The van der Waals surface area contributed by atoms with Crippen molar-refractivity contribution in [2.45, 2.75) is 45.7 Å². The van der Waals surface area contributed by atoms with Crippen LogP contribution in [-0.2, 0) is 0 Å². The fourth-order valence-electron chi connectivity index (χ4n) is 1.19. The van der Waals surface area contributed by atoms with Gasteiger partial charge in [-0.25, -0.2) is 0 Å². The molecule has 0 rings (SSSR count). The van der Waals surface area contributed by atoms with E-state index in [9.17, 15) is 0 Å². The van der Waals surface area contributed by atoms with Crippen LogP contribution in [-0.4, -0.2) is 23.8 Å². The van der Waals surface area contributed by atoms with Gasteiger partial charge in [0.05, 0.1) is 19.1 Å². The molecule has 0 aliphatic heterocycles. The first-order chi connectivity index (χ1) is 6.15. The predicted molar refractivity (Wildman–Crippen MR) is 53.2 cm³/mol. The van der Waals surface area contributed by atoms with E-state index in [4.69, 9.17) is 10.4 Å². The molecule has 2 N–H and O–H groups in total. The second-order valence-corrected chi connectivity index (χ2v) is 3.67. The zero-order valence-electron chi connectivity index (χ0n) is 8.75. The molecule has 0 aromatic heterocycles. The molecule has 0 aliphatic rings. The smallest absolute Gasteiger partial charge is 0.0638 e. The fourth-order valence-corrected chi connectivity index (χ4v) is 1.19. The van der Waals surface area contributed by atoms with Crippen LogP contribution in [0.15, 0.2) is 0 Å². The lowest BCUT2D eigenvalue weighted by molar-refractivity contribution is 0.198. The first-order valence-corrected chi connectivity index (χ1v) is 4.89. The molecular weight excluding hydrogens is 164 g/mol. The van der Waals surface area contributed by atoms with Crippen LogP contribution in [0.1, 0.15) is 33.6 Å². The number of hydrogen-bond donors (Lipinski definition) is 2. The van der Waals surface area contributed by atoms with Gasteiger partial charge >= 0.3 is 0 Å². The maximum absolute atomic E-state index is 9.06. The first-order valence-electron chi connectivity index (χ1n) is 4.89. The topological polar surface area (TPSA) is 56.0 Å². The van der Waals surface area contributed by atoms with Crippen LogP contribution in [0.5, 0.6) is 0 Å². The van der Waals surface area contributed by atoms with Gasteiger partial charge in [0.25, 0.3) is 0 Å². The van der Waals surface area contributed by atoms with Crippen LogP contribution < -0.4 is 5.32 Å². The van der Waals surface area contributed by atoms with Gasteiger partial charge < -0.3 is 10.4 Å². The van der Waals surface area contributed by atoms with E-state index < -0.39 is 0 Å². The Morgan fingerprint density at radius 1 is 1.46 bits per heavy atom. The number of aliphatic hydroxyl groups is 1. The Bertz CT molecular complexity index is 163. The molecule has 2 atom stereocenters. The highest BCUT2D eigenvalue weighted by Gasteiger charge is 2.15. The molecule has 2 unspecified atom stereocenters. The quantitative estimate of drug-likeness (QED) is 0.654. The Hall–Kier alpha value is -0.590. The Morgan fingerprint density at radius 3 is 2.38 bits per heavy atom. The number of nitrogens with zero attached hydrogens (tertiary/aromatic N) is 1. The number of aliphatic hydroxyl groups excluding tert-OH is 1. The molecule has 0 radical (unpaired) electrons. The Balaban J connectivity index is 3.96. The lowest BCUT2D eigenvalue weighted by Crippen LogP contribution is -2.43. The van der Waals surface area contributed by atoms with Crippen LogP contribution in [0.2, 0.25) is 0 Å². The van der Waals surface area contributed by atoms with Crippen molar-refractivity contribution in [2.24, 2.45) is 5.92 Å². The Morgan fingerprint density at radius 2 is 2.08 bits per heavy atom. The molecule has 0 aromatic carbocycles. The van der Waals surface area contributed by atoms with Gasteiger partial charge in [0.15, 0.2) is 0 Å². The normalized spacial score (nSPS) is 15.4. The van der Waals surface area contributed by atoms with E-state index in [2.05, 4.69) is 25.2 Å². The first kappa shape index (κ1) is 12.4. The second-order valence-electron chi connectivity index (χ2n) is 3.67. The van der Waals surface area contributed by atoms with Crippen molar-refractivity contribution < 1.29 is 5.11 Å². The molecule has 0 saturated carbocycles. The summed E-state index contributed by atoms with van der Waals surface area (Å²) in [6.07, 6.45) is 1.44. The lowest BCUT2D eigenvalue weighted by Gasteiger charge is -2.24. The fraction of sp³-hybridized carbons (Fsp3) is 0.900. The molecule has 0 spiro atoms. The van der Waals surface area contributed by atoms with Crippen molar-refractivity contribution in [3.63, 3.8) is 0 Å². The van der Waals surface area contributed by atoms with Crippen LogP contribution in [0.3, 0.4) is 0 Å². The summed E-state index contributed by atoms with van der Waals surface area (Å²) in [7, 11) is 0. The molecule has 0 bridgehead atoms. The number of nitrogens with one attached hydrogen (secondary N) is 1. The minimum absolute atomic E-state index is 0.110. The minimum Gasteiger partial charge on any atom is -0.395 e. The standard InChI is InChI=1S/C10H20N2O/c1-4-9(5-6-11)12-10(7-13)8(2)3/h8-10,12-13H,4-5,7H2,1-3H3. The summed E-state index contributed by atoms with van der Waals surface area (Å²) in [5.41, 5.74) is 0. The van der Waals surface area contributed by atoms with E-state index in [0.717, 1.165) is 6.42 Å². The molecule has 3 nitrogen and oxygen atoms in total. The van der Waals surface area contributed by atoms with Gasteiger partial charge in [-0.05, 0) is 12.3 Å². The van der Waals surface area contributed by atoms with E-state index in [1.54, 1.807) is 0 Å². The highest BCUT2D eigenvalue weighted by atomic mass is 16.3. The molecule has 0 saturated heterocycles. The van der Waals surface area contributed by atoms with Gasteiger partial charge in [0.1, 0.15) is 0 Å². The average molecular weight is 184 g/mol. The highest BCUT2D eigenvalue weighted by molar-refractivity contribution is 4.83. The van der Waals surface area contributed by atoms with Crippen LogP contribution in [0, 0.1) is 17.2 Å². The number of nitriles is 1. The molecule has 13 heavy (non-hydrogen) atoms. The van der Waals surface area contributed by atoms with Crippen LogP contribution in [0.25, 0.3) is 0 Å². The predicted octanol–water partition coefficient (Wildman–Crippen LogP) is 1.29. The minimum atomic E-state index is 0.110. The monoisotopic (exact) mass is 184 g/mol. The maximum Gasteiger partial charge on any atom is 0.0638 e. The molecule has 0 aliphatic carbocycles. The Kier molecular flexibility index (Phi) is 6.56. The summed E-state index contributed by atoms with van der Waals surface area (Å²) < 4.78 is 0. The van der Waals surface area contributed by atoms with Crippen molar-refractivity contribution in [2.75, 3.05) is 6.61 Å². The van der Waals surface area contributed by atoms with Crippen molar-refractivity contribution >= 4 is 0 Å². The third kappa shape index (κ3) is 4.87. The average Bonchev–Trinajstić information content (AvgIpc) is 2.11. The summed E-state index contributed by atoms with van der Waals surface area (Å²) in [5, 5.41) is 20.9. The highest BCUT2D eigenvalue weighted by Crippen LogP contribution is 2.05. The number of hydrogen-bond acceptors (Lipinski definition) is 3. The van der Waals surface area contributed by atoms with Gasteiger partial charge in [-0.3, -0.25) is 0 Å². The zero-order chi connectivity index (χ0) is 10.3. The second kappa shape index (κ2) is 6.88. The van der Waals surface area contributed by atoms with Crippen molar-refractivity contribution in [3.05, 3.63) is 0 Å². The van der Waals surface area contributed by atoms with Gasteiger partial charge in [-0.15, -0.1) is 0 Å². The molecule has 76 valence electrons. The van der Waals surface area contributed by atoms with Gasteiger partial charge in [0.2, 0.25) is 0 Å². The number of rotatable bonds is 6. The summed E-state index contributed by atoms with van der Waals surface area (Å²) in [5.74, 6) is 0.401. The molecule has 3 heteroatoms. The van der Waals surface area contributed by atoms with Crippen molar-refractivity contribution in [3.8, 4) is 6.07 Å².